The number of aromatic nitrogens is 1. The molecule has 0 radical (unpaired) electrons. The zero-order chi connectivity index (χ0) is 15.4. The Balaban J connectivity index is 1.85. The van der Waals surface area contributed by atoms with Crippen LogP contribution in [0.25, 0.3) is 10.9 Å². The summed E-state index contributed by atoms with van der Waals surface area (Å²) < 4.78 is 0. The fourth-order valence-electron chi connectivity index (χ4n) is 4.34. The third kappa shape index (κ3) is 2.03. The van der Waals surface area contributed by atoms with Crippen LogP contribution in [0.1, 0.15) is 42.4 Å². The lowest BCUT2D eigenvalue weighted by Gasteiger charge is -2.38. The molecule has 1 aromatic carbocycles. The van der Waals surface area contributed by atoms with Crippen LogP contribution in [0.3, 0.4) is 0 Å². The molecule has 2 saturated heterocycles. The van der Waals surface area contributed by atoms with Gasteiger partial charge in [0.05, 0.1) is 11.6 Å². The molecule has 2 bridgehead atoms. The van der Waals surface area contributed by atoms with Crippen molar-refractivity contribution >= 4 is 16.7 Å². The second kappa shape index (κ2) is 4.95. The Labute approximate surface area is 132 Å². The summed E-state index contributed by atoms with van der Waals surface area (Å²) >= 11 is 0. The number of anilines is 1. The highest BCUT2D eigenvalue weighted by atomic mass is 16.3. The molecular formula is C19H24N2O. The predicted octanol–water partition coefficient (Wildman–Crippen LogP) is 3.65. The van der Waals surface area contributed by atoms with E-state index in [4.69, 9.17) is 4.98 Å². The van der Waals surface area contributed by atoms with Crippen LogP contribution in [0, 0.1) is 20.8 Å². The highest BCUT2D eigenvalue weighted by molar-refractivity contribution is 5.87. The van der Waals surface area contributed by atoms with Crippen LogP contribution in [-0.4, -0.2) is 28.3 Å². The maximum Gasteiger partial charge on any atom is 0.130 e. The zero-order valence-electron chi connectivity index (χ0n) is 13.6. The number of aliphatic hydroxyl groups is 1. The summed E-state index contributed by atoms with van der Waals surface area (Å²) in [6.45, 7) is 6.50. The van der Waals surface area contributed by atoms with E-state index in [1.54, 1.807) is 0 Å². The number of piperidine rings is 1. The Morgan fingerprint density at radius 1 is 1.05 bits per heavy atom. The molecule has 2 aliphatic heterocycles. The van der Waals surface area contributed by atoms with Gasteiger partial charge in [-0.15, -0.1) is 0 Å². The average molecular weight is 296 g/mol. The number of hydrogen-bond donors (Lipinski definition) is 1. The average Bonchev–Trinajstić information content (AvgIpc) is 2.75. The second-order valence-corrected chi connectivity index (χ2v) is 7.12. The van der Waals surface area contributed by atoms with Gasteiger partial charge in [-0.25, -0.2) is 4.98 Å². The van der Waals surface area contributed by atoms with Gasteiger partial charge in [-0.3, -0.25) is 0 Å². The molecule has 0 aliphatic carbocycles. The third-order valence-electron chi connectivity index (χ3n) is 5.67. The quantitative estimate of drug-likeness (QED) is 0.872. The Morgan fingerprint density at radius 2 is 1.73 bits per heavy atom. The van der Waals surface area contributed by atoms with E-state index >= 15 is 0 Å². The number of hydrogen-bond acceptors (Lipinski definition) is 3. The van der Waals surface area contributed by atoms with Crippen molar-refractivity contribution in [3.05, 3.63) is 34.9 Å². The van der Waals surface area contributed by atoms with Crippen molar-refractivity contribution in [2.45, 2.75) is 64.6 Å². The van der Waals surface area contributed by atoms with Crippen molar-refractivity contribution in [3.63, 3.8) is 0 Å². The maximum absolute atomic E-state index is 10.0. The molecule has 0 spiro atoms. The number of aryl methyl sites for hydroxylation is 3. The van der Waals surface area contributed by atoms with Crippen molar-refractivity contribution in [3.8, 4) is 0 Å². The Morgan fingerprint density at radius 3 is 2.41 bits per heavy atom. The molecule has 2 fully saturated rings. The lowest BCUT2D eigenvalue weighted by atomic mass is 9.98. The zero-order valence-corrected chi connectivity index (χ0v) is 13.6. The summed E-state index contributed by atoms with van der Waals surface area (Å²) in [4.78, 5) is 7.52. The van der Waals surface area contributed by atoms with Crippen molar-refractivity contribution in [1.29, 1.82) is 0 Å². The van der Waals surface area contributed by atoms with E-state index in [1.165, 1.54) is 34.9 Å². The van der Waals surface area contributed by atoms with Crippen LogP contribution in [0.4, 0.5) is 5.82 Å². The SMILES string of the molecule is Cc1ccc2c(C)cc(N3[C@@H]4CC[C@H]3CC(O)C4)nc2c1C. The van der Waals surface area contributed by atoms with Crippen LogP contribution in [0.2, 0.25) is 0 Å². The molecule has 3 atom stereocenters. The minimum atomic E-state index is -0.126. The predicted molar refractivity (Wildman–Crippen MR) is 90.5 cm³/mol. The molecule has 3 heterocycles. The lowest BCUT2D eigenvalue weighted by molar-refractivity contribution is 0.126. The molecule has 1 unspecified atom stereocenters. The molecule has 22 heavy (non-hydrogen) atoms. The van der Waals surface area contributed by atoms with Crippen molar-refractivity contribution in [1.82, 2.24) is 4.98 Å². The molecule has 1 N–H and O–H groups in total. The number of nitrogens with zero attached hydrogens (tertiary/aromatic N) is 2. The molecule has 0 saturated carbocycles. The normalized spacial score (nSPS) is 27.6. The van der Waals surface area contributed by atoms with E-state index in [-0.39, 0.29) is 6.10 Å². The van der Waals surface area contributed by atoms with Gasteiger partial charge in [0.25, 0.3) is 0 Å². The summed E-state index contributed by atoms with van der Waals surface area (Å²) in [6.07, 6.45) is 4.03. The number of pyridine rings is 1. The summed E-state index contributed by atoms with van der Waals surface area (Å²) in [5.41, 5.74) is 5.02. The number of aliphatic hydroxyl groups excluding tert-OH is 1. The van der Waals surface area contributed by atoms with Crippen LogP contribution < -0.4 is 4.90 Å². The molecule has 116 valence electrons. The van der Waals surface area contributed by atoms with Crippen molar-refractivity contribution < 1.29 is 5.11 Å². The number of fused-ring (bicyclic) bond motifs is 3. The first kappa shape index (κ1) is 14.0. The monoisotopic (exact) mass is 296 g/mol. The Kier molecular flexibility index (Phi) is 3.15. The van der Waals surface area contributed by atoms with Gasteiger partial charge in [0, 0.05) is 17.5 Å². The smallest absolute Gasteiger partial charge is 0.130 e. The Bertz CT molecular complexity index is 726. The van der Waals surface area contributed by atoms with Gasteiger partial charge < -0.3 is 10.0 Å². The van der Waals surface area contributed by atoms with E-state index < -0.39 is 0 Å². The summed E-state index contributed by atoms with van der Waals surface area (Å²) in [5.74, 6) is 1.11. The summed E-state index contributed by atoms with van der Waals surface area (Å²) in [6, 6.07) is 7.54. The molecule has 0 amide bonds. The number of benzene rings is 1. The van der Waals surface area contributed by atoms with Crippen molar-refractivity contribution in [2.24, 2.45) is 0 Å². The molecule has 2 aromatic rings. The molecule has 3 heteroatoms. The van der Waals surface area contributed by atoms with Crippen LogP contribution in [-0.2, 0) is 0 Å². The van der Waals surface area contributed by atoms with E-state index in [9.17, 15) is 5.11 Å². The molecule has 4 rings (SSSR count). The van der Waals surface area contributed by atoms with Gasteiger partial charge in [0.2, 0.25) is 0 Å². The first-order chi connectivity index (χ1) is 10.5. The first-order valence-corrected chi connectivity index (χ1v) is 8.38. The first-order valence-electron chi connectivity index (χ1n) is 8.38. The van der Waals surface area contributed by atoms with E-state index in [1.807, 2.05) is 0 Å². The maximum atomic E-state index is 10.0. The van der Waals surface area contributed by atoms with Crippen molar-refractivity contribution in [2.75, 3.05) is 4.90 Å². The van der Waals surface area contributed by atoms with Gasteiger partial charge in [0.15, 0.2) is 0 Å². The molecule has 3 nitrogen and oxygen atoms in total. The summed E-state index contributed by atoms with van der Waals surface area (Å²) in [7, 11) is 0. The van der Waals surface area contributed by atoms with Gasteiger partial charge in [-0.2, -0.15) is 0 Å². The standard InChI is InChI=1S/C19H24N2O/c1-11-4-7-17-12(2)8-18(20-19(17)13(11)3)21-14-5-6-15(21)10-16(22)9-14/h4,7-8,14-16,22H,5-6,9-10H2,1-3H3/t14-,15+,16?. The fourth-order valence-corrected chi connectivity index (χ4v) is 4.34. The Hall–Kier alpha value is -1.61. The number of rotatable bonds is 1. The largest absolute Gasteiger partial charge is 0.393 e. The fraction of sp³-hybridized carbons (Fsp3) is 0.526. The van der Waals surface area contributed by atoms with Gasteiger partial charge in [0.1, 0.15) is 5.82 Å². The molecular weight excluding hydrogens is 272 g/mol. The van der Waals surface area contributed by atoms with Crippen LogP contribution >= 0.6 is 0 Å². The summed E-state index contributed by atoms with van der Waals surface area (Å²) in [5, 5.41) is 11.3. The van der Waals surface area contributed by atoms with Gasteiger partial charge >= 0.3 is 0 Å². The minimum absolute atomic E-state index is 0.126. The molecule has 1 aromatic heterocycles. The van der Waals surface area contributed by atoms with E-state index in [0.29, 0.717) is 12.1 Å². The minimum Gasteiger partial charge on any atom is -0.393 e. The topological polar surface area (TPSA) is 36.4 Å². The second-order valence-electron chi connectivity index (χ2n) is 7.12. The van der Waals surface area contributed by atoms with E-state index in [0.717, 1.165) is 24.2 Å². The van der Waals surface area contributed by atoms with Gasteiger partial charge in [-0.1, -0.05) is 12.1 Å². The molecule has 2 aliphatic rings. The van der Waals surface area contributed by atoms with E-state index in [2.05, 4.69) is 43.9 Å². The van der Waals surface area contributed by atoms with Gasteiger partial charge in [-0.05, 0) is 69.2 Å². The third-order valence-corrected chi connectivity index (χ3v) is 5.67. The van der Waals surface area contributed by atoms with Crippen LogP contribution in [0.5, 0.6) is 0 Å². The highest BCUT2D eigenvalue weighted by Gasteiger charge is 2.40. The van der Waals surface area contributed by atoms with Crippen LogP contribution in [0.15, 0.2) is 18.2 Å². The lowest BCUT2D eigenvalue weighted by Crippen LogP contribution is -2.45. The highest BCUT2D eigenvalue weighted by Crippen LogP contribution is 2.39.